The van der Waals surface area contributed by atoms with E-state index in [1.54, 1.807) is 19.2 Å². The first kappa shape index (κ1) is 18.0. The standard InChI is InChI=1S/C19H19N3O3S/c1-12-7-9-13(10-8-12)20-19-22-18(24)16(26-19)11-17(23)21-14-5-3-4-6-15(14)25-2/h3-10,16H,11H2,1-2H3,(H,21,23)(H,20,22,24). The van der Waals surface area contributed by atoms with Gasteiger partial charge in [-0.2, -0.15) is 0 Å². The number of aryl methyl sites for hydroxylation is 1. The number of methoxy groups -OCH3 is 1. The average Bonchev–Trinajstić information content (AvgIpc) is 2.96. The van der Waals surface area contributed by atoms with E-state index in [1.807, 2.05) is 43.3 Å². The Morgan fingerprint density at radius 1 is 1.23 bits per heavy atom. The maximum Gasteiger partial charge on any atom is 0.240 e. The Balaban J connectivity index is 1.62. The van der Waals surface area contributed by atoms with Crippen LogP contribution in [0.25, 0.3) is 0 Å². The fourth-order valence-corrected chi connectivity index (χ4v) is 3.43. The Bertz CT molecular complexity index is 849. The average molecular weight is 369 g/mol. The molecular formula is C19H19N3O3S. The molecule has 0 spiro atoms. The van der Waals surface area contributed by atoms with Crippen LogP contribution in [-0.2, 0) is 9.59 Å². The van der Waals surface area contributed by atoms with Crippen LogP contribution in [0.15, 0.2) is 53.5 Å². The SMILES string of the molecule is COc1ccccc1NC(=O)CC1SC(=Nc2ccc(C)cc2)NC1=O. The van der Waals surface area contributed by atoms with E-state index in [9.17, 15) is 9.59 Å². The summed E-state index contributed by atoms with van der Waals surface area (Å²) in [6.07, 6.45) is 0.0570. The van der Waals surface area contributed by atoms with E-state index in [2.05, 4.69) is 15.6 Å². The molecule has 1 atom stereocenters. The van der Waals surface area contributed by atoms with E-state index >= 15 is 0 Å². The highest BCUT2D eigenvalue weighted by molar-refractivity contribution is 8.15. The molecule has 0 saturated carbocycles. The Hall–Kier alpha value is -2.80. The number of amidine groups is 1. The maximum atomic E-state index is 12.3. The molecule has 1 aliphatic heterocycles. The van der Waals surface area contributed by atoms with Crippen LogP contribution in [0.5, 0.6) is 5.75 Å². The van der Waals surface area contributed by atoms with E-state index in [0.717, 1.165) is 11.3 Å². The molecule has 0 aliphatic carbocycles. The van der Waals surface area contributed by atoms with E-state index in [0.29, 0.717) is 16.6 Å². The Kier molecular flexibility index (Phi) is 5.58. The number of hydrogen-bond acceptors (Lipinski definition) is 5. The third-order valence-electron chi connectivity index (χ3n) is 3.79. The first-order valence-corrected chi connectivity index (χ1v) is 8.99. The van der Waals surface area contributed by atoms with E-state index in [-0.39, 0.29) is 18.2 Å². The van der Waals surface area contributed by atoms with Gasteiger partial charge in [0.05, 0.1) is 18.5 Å². The van der Waals surface area contributed by atoms with Crippen molar-refractivity contribution < 1.29 is 14.3 Å². The summed E-state index contributed by atoms with van der Waals surface area (Å²) < 4.78 is 5.21. The van der Waals surface area contributed by atoms with Crippen LogP contribution in [0.3, 0.4) is 0 Å². The Morgan fingerprint density at radius 3 is 2.69 bits per heavy atom. The van der Waals surface area contributed by atoms with Crippen LogP contribution < -0.4 is 15.4 Å². The minimum Gasteiger partial charge on any atom is -0.495 e. The highest BCUT2D eigenvalue weighted by Crippen LogP contribution is 2.27. The van der Waals surface area contributed by atoms with Crippen LogP contribution in [0, 0.1) is 6.92 Å². The van der Waals surface area contributed by atoms with Crippen molar-refractivity contribution in [3.05, 3.63) is 54.1 Å². The molecule has 26 heavy (non-hydrogen) atoms. The number of aliphatic imine (C=N–C) groups is 1. The fourth-order valence-electron chi connectivity index (χ4n) is 2.45. The number of nitrogens with one attached hydrogen (secondary N) is 2. The van der Waals surface area contributed by atoms with Crippen LogP contribution in [0.1, 0.15) is 12.0 Å². The van der Waals surface area contributed by atoms with Gasteiger partial charge in [0.15, 0.2) is 5.17 Å². The molecule has 134 valence electrons. The number of nitrogens with zero attached hydrogens (tertiary/aromatic N) is 1. The lowest BCUT2D eigenvalue weighted by atomic mass is 10.2. The Labute approximate surface area is 156 Å². The van der Waals surface area contributed by atoms with Gasteiger partial charge in [0, 0.05) is 6.42 Å². The number of hydrogen-bond donors (Lipinski definition) is 2. The van der Waals surface area contributed by atoms with Gasteiger partial charge < -0.3 is 15.4 Å². The van der Waals surface area contributed by atoms with Gasteiger partial charge >= 0.3 is 0 Å². The smallest absolute Gasteiger partial charge is 0.240 e. The molecule has 2 aromatic carbocycles. The first-order chi connectivity index (χ1) is 12.5. The van der Waals surface area contributed by atoms with Crippen molar-refractivity contribution in [2.75, 3.05) is 12.4 Å². The monoisotopic (exact) mass is 369 g/mol. The van der Waals surface area contributed by atoms with Gasteiger partial charge in [-0.15, -0.1) is 0 Å². The molecule has 2 aromatic rings. The van der Waals surface area contributed by atoms with Crippen molar-refractivity contribution >= 4 is 40.1 Å². The van der Waals surface area contributed by atoms with Gasteiger partial charge in [0.2, 0.25) is 11.8 Å². The summed E-state index contributed by atoms with van der Waals surface area (Å²) in [5, 5.41) is 5.51. The molecule has 3 rings (SSSR count). The van der Waals surface area contributed by atoms with Gasteiger partial charge in [0.1, 0.15) is 11.0 Å². The molecule has 1 saturated heterocycles. The number of anilines is 1. The maximum absolute atomic E-state index is 12.3. The third-order valence-corrected chi connectivity index (χ3v) is 4.87. The van der Waals surface area contributed by atoms with Crippen LogP contribution in [0.2, 0.25) is 0 Å². The molecule has 6 nitrogen and oxygen atoms in total. The van der Waals surface area contributed by atoms with Crippen LogP contribution >= 0.6 is 11.8 Å². The quantitative estimate of drug-likeness (QED) is 0.848. The van der Waals surface area contributed by atoms with Gasteiger partial charge in [0.25, 0.3) is 0 Å². The third kappa shape index (κ3) is 4.43. The van der Waals surface area contributed by atoms with Gasteiger partial charge in [-0.3, -0.25) is 9.59 Å². The second kappa shape index (κ2) is 8.05. The molecule has 0 radical (unpaired) electrons. The Morgan fingerprint density at radius 2 is 1.96 bits per heavy atom. The van der Waals surface area contributed by atoms with Crippen LogP contribution in [0.4, 0.5) is 11.4 Å². The van der Waals surface area contributed by atoms with Crippen molar-refractivity contribution in [3.63, 3.8) is 0 Å². The molecule has 1 unspecified atom stereocenters. The molecule has 0 bridgehead atoms. The molecular weight excluding hydrogens is 350 g/mol. The lowest BCUT2D eigenvalue weighted by Crippen LogP contribution is -2.28. The zero-order chi connectivity index (χ0) is 18.5. The van der Waals surface area contributed by atoms with E-state index in [1.165, 1.54) is 11.8 Å². The fraction of sp³-hybridized carbons (Fsp3) is 0.211. The molecule has 1 aliphatic rings. The van der Waals surface area contributed by atoms with Gasteiger partial charge in [-0.25, -0.2) is 4.99 Å². The highest BCUT2D eigenvalue weighted by atomic mass is 32.2. The van der Waals surface area contributed by atoms with Crippen molar-refractivity contribution in [2.45, 2.75) is 18.6 Å². The molecule has 2 N–H and O–H groups in total. The van der Waals surface area contributed by atoms with E-state index < -0.39 is 5.25 Å². The molecule has 7 heteroatoms. The minimum atomic E-state index is -0.506. The predicted molar refractivity (Wildman–Crippen MR) is 104 cm³/mol. The van der Waals surface area contributed by atoms with Gasteiger partial charge in [-0.1, -0.05) is 41.6 Å². The number of carbonyl (C=O) groups is 2. The van der Waals surface area contributed by atoms with Crippen molar-refractivity contribution in [1.29, 1.82) is 0 Å². The summed E-state index contributed by atoms with van der Waals surface area (Å²) in [6.45, 7) is 2.00. The topological polar surface area (TPSA) is 79.8 Å². The van der Waals surface area contributed by atoms with Crippen molar-refractivity contribution in [1.82, 2.24) is 5.32 Å². The van der Waals surface area contributed by atoms with Crippen molar-refractivity contribution in [3.8, 4) is 5.75 Å². The lowest BCUT2D eigenvalue weighted by Gasteiger charge is -2.10. The normalized spacial score (nSPS) is 17.8. The molecule has 1 fully saturated rings. The largest absolute Gasteiger partial charge is 0.495 e. The minimum absolute atomic E-state index is 0.0570. The summed E-state index contributed by atoms with van der Waals surface area (Å²) in [4.78, 5) is 28.8. The molecule has 0 aromatic heterocycles. The zero-order valence-corrected chi connectivity index (χ0v) is 15.3. The summed E-state index contributed by atoms with van der Waals surface area (Å²) in [6, 6.07) is 14.8. The van der Waals surface area contributed by atoms with Crippen LogP contribution in [-0.4, -0.2) is 29.3 Å². The number of benzene rings is 2. The highest BCUT2D eigenvalue weighted by Gasteiger charge is 2.32. The number of ether oxygens (including phenoxy) is 1. The summed E-state index contributed by atoms with van der Waals surface area (Å²) in [7, 11) is 1.54. The second-order valence-electron chi connectivity index (χ2n) is 5.80. The number of thioether (sulfide) groups is 1. The predicted octanol–water partition coefficient (Wildman–Crippen LogP) is 3.25. The summed E-state index contributed by atoms with van der Waals surface area (Å²) in [5.74, 6) is 0.112. The molecule has 1 heterocycles. The lowest BCUT2D eigenvalue weighted by molar-refractivity contribution is -0.122. The van der Waals surface area contributed by atoms with Gasteiger partial charge in [-0.05, 0) is 31.2 Å². The number of rotatable bonds is 5. The van der Waals surface area contributed by atoms with Crippen molar-refractivity contribution in [2.24, 2.45) is 4.99 Å². The summed E-state index contributed by atoms with van der Waals surface area (Å²) in [5.41, 5.74) is 2.48. The number of para-hydroxylation sites is 2. The molecule has 2 amide bonds. The number of carbonyl (C=O) groups excluding carboxylic acids is 2. The first-order valence-electron chi connectivity index (χ1n) is 8.11. The second-order valence-corrected chi connectivity index (χ2v) is 6.99. The summed E-state index contributed by atoms with van der Waals surface area (Å²) >= 11 is 1.26. The number of amides is 2. The van der Waals surface area contributed by atoms with E-state index in [4.69, 9.17) is 4.74 Å². The zero-order valence-electron chi connectivity index (χ0n) is 14.5.